The zero-order valence-corrected chi connectivity index (χ0v) is 16.4. The summed E-state index contributed by atoms with van der Waals surface area (Å²) in [6.45, 7) is 5.90. The van der Waals surface area contributed by atoms with Gasteiger partial charge in [0.05, 0.1) is 17.4 Å². The van der Waals surface area contributed by atoms with Gasteiger partial charge in [0.25, 0.3) is 11.8 Å². The Bertz CT molecular complexity index is 1120. The summed E-state index contributed by atoms with van der Waals surface area (Å²) in [5.41, 5.74) is 3.03. The van der Waals surface area contributed by atoms with Crippen LogP contribution in [-0.4, -0.2) is 27.9 Å². The molecule has 3 heterocycles. The number of carbonyl (C=O) groups excluding carboxylic acids is 2. The van der Waals surface area contributed by atoms with E-state index in [0.29, 0.717) is 29.2 Å². The molecule has 1 aromatic carbocycles. The highest BCUT2D eigenvalue weighted by Gasteiger charge is 2.34. The fraction of sp³-hybridized carbons (Fsp3) is 0.227. The molecule has 2 amide bonds. The van der Waals surface area contributed by atoms with Crippen molar-refractivity contribution in [2.75, 3.05) is 16.8 Å². The van der Waals surface area contributed by atoms with Crippen LogP contribution in [0.25, 0.3) is 0 Å². The van der Waals surface area contributed by atoms with Crippen LogP contribution in [0.3, 0.4) is 0 Å². The fourth-order valence-electron chi connectivity index (χ4n) is 3.54. The Balaban J connectivity index is 1.70. The van der Waals surface area contributed by atoms with Gasteiger partial charge in [-0.1, -0.05) is 6.07 Å². The summed E-state index contributed by atoms with van der Waals surface area (Å²) >= 11 is 0. The first-order chi connectivity index (χ1) is 13.9. The molecule has 29 heavy (non-hydrogen) atoms. The van der Waals surface area contributed by atoms with Gasteiger partial charge in [0.2, 0.25) is 0 Å². The first-order valence-electron chi connectivity index (χ1n) is 9.37. The molecule has 1 atom stereocenters. The highest BCUT2D eigenvalue weighted by Crippen LogP contribution is 2.30. The van der Waals surface area contributed by atoms with Crippen LogP contribution in [0.5, 0.6) is 0 Å². The number of pyridine rings is 1. The monoisotopic (exact) mass is 392 g/mol. The molecular weight excluding hydrogens is 371 g/mol. The van der Waals surface area contributed by atoms with Crippen LogP contribution in [0.15, 0.2) is 48.9 Å². The zero-order chi connectivity index (χ0) is 20.7. The summed E-state index contributed by atoms with van der Waals surface area (Å²) in [5.74, 6) is -1.08. The number of fused-ring (bicyclic) bond motifs is 1. The molecule has 6 nitrogen and oxygen atoms in total. The number of rotatable bonds is 3. The van der Waals surface area contributed by atoms with E-state index in [4.69, 9.17) is 0 Å². The van der Waals surface area contributed by atoms with Gasteiger partial charge in [-0.2, -0.15) is 0 Å². The molecule has 1 aliphatic heterocycles. The molecule has 0 saturated heterocycles. The molecule has 7 heteroatoms. The van der Waals surface area contributed by atoms with E-state index < -0.39 is 0 Å². The maximum atomic E-state index is 14.1. The van der Waals surface area contributed by atoms with Gasteiger partial charge in [0, 0.05) is 30.7 Å². The Morgan fingerprint density at radius 1 is 1.21 bits per heavy atom. The van der Waals surface area contributed by atoms with Gasteiger partial charge in [-0.25, -0.2) is 4.39 Å². The third-order valence-corrected chi connectivity index (χ3v) is 5.28. The molecule has 3 aromatic rings. The van der Waals surface area contributed by atoms with Crippen molar-refractivity contribution < 1.29 is 14.0 Å². The van der Waals surface area contributed by atoms with E-state index in [1.165, 1.54) is 11.0 Å². The van der Waals surface area contributed by atoms with Crippen molar-refractivity contribution in [3.63, 3.8) is 0 Å². The van der Waals surface area contributed by atoms with Gasteiger partial charge < -0.3 is 14.8 Å². The third-order valence-electron chi connectivity index (χ3n) is 5.28. The van der Waals surface area contributed by atoms with E-state index in [-0.39, 0.29) is 29.2 Å². The van der Waals surface area contributed by atoms with E-state index >= 15 is 0 Å². The lowest BCUT2D eigenvalue weighted by Crippen LogP contribution is -2.43. The average molecular weight is 392 g/mol. The Labute approximate surface area is 168 Å². The van der Waals surface area contributed by atoms with E-state index in [1.54, 1.807) is 54.3 Å². The molecule has 0 fully saturated rings. The molecule has 1 aliphatic rings. The molecule has 0 unspecified atom stereocenters. The second-order valence-corrected chi connectivity index (χ2v) is 7.33. The summed E-state index contributed by atoms with van der Waals surface area (Å²) in [7, 11) is 0. The van der Waals surface area contributed by atoms with Gasteiger partial charge in [-0.05, 0) is 56.2 Å². The number of halogens is 1. The van der Waals surface area contributed by atoms with E-state index in [0.717, 1.165) is 5.56 Å². The number of hydrogen-bond donors (Lipinski definition) is 1. The average Bonchev–Trinajstić information content (AvgIpc) is 3.15. The maximum absolute atomic E-state index is 14.1. The first kappa shape index (κ1) is 18.9. The standard InChI is InChI=1S/C22H21FN4O2/c1-13-4-5-16(10-18(13)23)27-12-15(3)26-9-7-17(20(26)22(27)29)21(28)25-19-11-24-8-6-14(19)2/h4-11,15H,12H2,1-3H3,(H,25,28)/t15-/m0/s1. The summed E-state index contributed by atoms with van der Waals surface area (Å²) < 4.78 is 15.9. The number of carbonyl (C=O) groups is 2. The number of aromatic nitrogens is 2. The molecular formula is C22H21FN4O2. The smallest absolute Gasteiger partial charge is 0.275 e. The number of benzene rings is 1. The number of nitrogens with zero attached hydrogens (tertiary/aromatic N) is 3. The summed E-state index contributed by atoms with van der Waals surface area (Å²) in [4.78, 5) is 31.7. The van der Waals surface area contributed by atoms with Crippen molar-refractivity contribution >= 4 is 23.2 Å². The van der Waals surface area contributed by atoms with Crippen molar-refractivity contribution in [3.05, 3.63) is 77.1 Å². The van der Waals surface area contributed by atoms with Gasteiger partial charge >= 0.3 is 0 Å². The minimum Gasteiger partial charge on any atom is -0.338 e. The molecule has 148 valence electrons. The number of hydrogen-bond acceptors (Lipinski definition) is 3. The Hall–Kier alpha value is -3.48. The van der Waals surface area contributed by atoms with Crippen LogP contribution in [0.2, 0.25) is 0 Å². The lowest BCUT2D eigenvalue weighted by molar-refractivity contribution is 0.0942. The molecule has 0 aliphatic carbocycles. The molecule has 0 radical (unpaired) electrons. The molecule has 1 N–H and O–H groups in total. The quantitative estimate of drug-likeness (QED) is 0.729. The minimum absolute atomic E-state index is 0.0613. The SMILES string of the molecule is Cc1ccc(N2C[C@H](C)n3ccc(C(=O)Nc4cnccc4C)c3C2=O)cc1F. The van der Waals surface area contributed by atoms with Gasteiger partial charge in [-0.15, -0.1) is 0 Å². The minimum atomic E-state index is -0.382. The van der Waals surface area contributed by atoms with Crippen LogP contribution < -0.4 is 10.2 Å². The summed E-state index contributed by atoms with van der Waals surface area (Å²) in [6, 6.07) is 8.11. The predicted octanol–water partition coefficient (Wildman–Crippen LogP) is 4.11. The Morgan fingerprint density at radius 3 is 2.72 bits per heavy atom. The molecule has 0 saturated carbocycles. The van der Waals surface area contributed by atoms with Crippen LogP contribution >= 0.6 is 0 Å². The number of nitrogens with one attached hydrogen (secondary N) is 1. The van der Waals surface area contributed by atoms with Crippen LogP contribution in [-0.2, 0) is 0 Å². The molecule has 0 spiro atoms. The lowest BCUT2D eigenvalue weighted by Gasteiger charge is -2.33. The van der Waals surface area contributed by atoms with Crippen molar-refractivity contribution in [1.29, 1.82) is 0 Å². The number of aryl methyl sites for hydroxylation is 2. The first-order valence-corrected chi connectivity index (χ1v) is 9.37. The van der Waals surface area contributed by atoms with Gasteiger partial charge in [0.15, 0.2) is 0 Å². The zero-order valence-electron chi connectivity index (χ0n) is 16.4. The fourth-order valence-corrected chi connectivity index (χ4v) is 3.54. The topological polar surface area (TPSA) is 67.2 Å². The largest absolute Gasteiger partial charge is 0.338 e. The second kappa shape index (κ2) is 7.16. The highest BCUT2D eigenvalue weighted by molar-refractivity contribution is 6.16. The molecule has 4 rings (SSSR count). The van der Waals surface area contributed by atoms with Crippen molar-refractivity contribution in [2.24, 2.45) is 0 Å². The van der Waals surface area contributed by atoms with Crippen LogP contribution in [0.1, 0.15) is 44.9 Å². The van der Waals surface area contributed by atoms with Crippen LogP contribution in [0.4, 0.5) is 15.8 Å². The summed E-state index contributed by atoms with van der Waals surface area (Å²) in [6.07, 6.45) is 4.96. The Morgan fingerprint density at radius 2 is 2.00 bits per heavy atom. The normalized spacial score (nSPS) is 15.9. The van der Waals surface area contributed by atoms with Crippen molar-refractivity contribution in [2.45, 2.75) is 26.8 Å². The number of amides is 2. The number of anilines is 2. The lowest BCUT2D eigenvalue weighted by atomic mass is 10.1. The summed E-state index contributed by atoms with van der Waals surface area (Å²) in [5, 5.41) is 2.82. The highest BCUT2D eigenvalue weighted by atomic mass is 19.1. The van der Waals surface area contributed by atoms with E-state index in [9.17, 15) is 14.0 Å². The predicted molar refractivity (Wildman–Crippen MR) is 109 cm³/mol. The molecule has 2 aromatic heterocycles. The Kier molecular flexibility index (Phi) is 4.66. The second-order valence-electron chi connectivity index (χ2n) is 7.33. The van der Waals surface area contributed by atoms with Crippen molar-refractivity contribution in [1.82, 2.24) is 9.55 Å². The van der Waals surface area contributed by atoms with E-state index in [2.05, 4.69) is 10.3 Å². The maximum Gasteiger partial charge on any atom is 0.275 e. The molecule has 0 bridgehead atoms. The third kappa shape index (κ3) is 3.29. The van der Waals surface area contributed by atoms with Crippen molar-refractivity contribution in [3.8, 4) is 0 Å². The van der Waals surface area contributed by atoms with Crippen LogP contribution in [0, 0.1) is 19.7 Å². The van der Waals surface area contributed by atoms with Gasteiger partial charge in [0.1, 0.15) is 11.5 Å². The van der Waals surface area contributed by atoms with Gasteiger partial charge in [-0.3, -0.25) is 14.6 Å². The van der Waals surface area contributed by atoms with E-state index in [1.807, 2.05) is 13.8 Å².